The monoisotopic (exact) mass is 92.0 g/mol. The van der Waals surface area contributed by atoms with Crippen LogP contribution in [0.2, 0.25) is 0 Å². The van der Waals surface area contributed by atoms with Gasteiger partial charge in [0, 0.05) is 0 Å². The maximum atomic E-state index is 9.10. The largest absolute Gasteiger partial charge is 0.702 e. The normalized spacial score (nSPS) is 11.8. The van der Waals surface area contributed by atoms with Crippen LogP contribution in [0.15, 0.2) is 0 Å². The van der Waals surface area contributed by atoms with Gasteiger partial charge >= 0.3 is 0 Å². The van der Waals surface area contributed by atoms with E-state index in [0.29, 0.717) is 7.57 Å². The zero-order valence-corrected chi connectivity index (χ0v) is 3.57. The van der Waals surface area contributed by atoms with Gasteiger partial charge in [0.25, 0.3) is 7.57 Å². The van der Waals surface area contributed by atoms with E-state index in [1.165, 1.54) is 0 Å². The van der Waals surface area contributed by atoms with Crippen molar-refractivity contribution in [1.29, 1.82) is 0 Å². The molecule has 0 atom stereocenters. The first kappa shape index (κ1) is 5.37. The Kier molecular flexibility index (Phi) is 1.32. The van der Waals surface area contributed by atoms with E-state index < -0.39 is 7.82 Å². The fourth-order valence-corrected chi connectivity index (χ4v) is 0. The lowest BCUT2D eigenvalue weighted by Gasteiger charge is -2.39. The molecule has 0 aromatic heterocycles. The minimum atomic E-state index is -4.14. The predicted molar refractivity (Wildman–Crippen MR) is 15.5 cm³/mol. The Balaban J connectivity index is 3.02. The van der Waals surface area contributed by atoms with Crippen molar-refractivity contribution in [2.24, 2.45) is 0 Å². The first-order chi connectivity index (χ1) is 2.00. The summed E-state index contributed by atoms with van der Waals surface area (Å²) in [6, 6.07) is 0. The summed E-state index contributed by atoms with van der Waals surface area (Å²) in [4.78, 5) is 27.3. The van der Waals surface area contributed by atoms with E-state index in [-0.39, 0.29) is 0 Å². The average molecular weight is 91.8 g/mol. The van der Waals surface area contributed by atoms with Crippen LogP contribution in [0.1, 0.15) is 0 Å². The molecule has 0 aliphatic carbocycles. The van der Waals surface area contributed by atoms with Crippen LogP contribution in [-0.4, -0.2) is 7.57 Å². The highest BCUT2D eigenvalue weighted by atomic mass is 31.2. The van der Waals surface area contributed by atoms with Gasteiger partial charge < -0.3 is 14.7 Å². The molecule has 0 N–H and O–H groups in total. The van der Waals surface area contributed by atoms with Crippen LogP contribution >= 0.6 is 7.82 Å². The van der Waals surface area contributed by atoms with E-state index in [4.69, 9.17) is 14.7 Å². The van der Waals surface area contributed by atoms with E-state index >= 15 is 0 Å². The quantitative estimate of drug-likeness (QED) is 0.228. The van der Waals surface area contributed by atoms with Crippen LogP contribution in [-0.2, 0) is 0 Å². The number of hydrogen-bond donors (Lipinski definition) is 0. The summed E-state index contributed by atoms with van der Waals surface area (Å²) in [6.45, 7) is 0. The van der Waals surface area contributed by atoms with Crippen LogP contribution < -0.4 is 14.7 Å². The molecule has 3 nitrogen and oxygen atoms in total. The zero-order valence-electron chi connectivity index (χ0n) is 2.67. The molecule has 0 bridgehead atoms. The molecule has 0 spiro atoms. The number of rotatable bonds is 0. The van der Waals surface area contributed by atoms with Crippen molar-refractivity contribution in [3.05, 3.63) is 0 Å². The average Bonchev–Trinajstić information content (AvgIpc) is 0.722. The number of hydrogen-bond acceptors (Lipinski definition) is 3. The van der Waals surface area contributed by atoms with Gasteiger partial charge in [-0.2, -0.15) is 0 Å². The third-order valence-corrected chi connectivity index (χ3v) is 0. The van der Waals surface area contributed by atoms with Crippen molar-refractivity contribution >= 4 is 15.4 Å². The standard InChI is InChI=1S/BH4O3P/c1-5(2,3)4/h1H2,(H2,2,3,4)/p-2. The van der Waals surface area contributed by atoms with Gasteiger partial charge in [-0.25, -0.2) is 7.82 Å². The lowest BCUT2D eigenvalue weighted by Crippen LogP contribution is -2.31. The molecule has 0 aliphatic rings. The fourth-order valence-electron chi connectivity index (χ4n) is 0. The van der Waals surface area contributed by atoms with Crippen LogP contribution in [0.5, 0.6) is 0 Å². The molecule has 0 aromatic carbocycles. The van der Waals surface area contributed by atoms with Crippen LogP contribution in [0, 0.1) is 0 Å². The summed E-state index contributed by atoms with van der Waals surface area (Å²) in [5.74, 6) is 0. The molecule has 0 aromatic rings. The molecule has 0 saturated carbocycles. The molecule has 0 heterocycles. The summed E-state index contributed by atoms with van der Waals surface area (Å²) in [5.41, 5.74) is 0. The molecule has 0 amide bonds. The molecule has 5 heavy (non-hydrogen) atoms. The van der Waals surface area contributed by atoms with Gasteiger partial charge in [0.15, 0.2) is 0 Å². The van der Waals surface area contributed by atoms with Crippen molar-refractivity contribution < 1.29 is 14.7 Å². The van der Waals surface area contributed by atoms with E-state index in [9.17, 15) is 0 Å². The first-order valence-corrected chi connectivity index (χ1v) is 2.98. The second-order valence-electron chi connectivity index (χ2n) is 0.771. The van der Waals surface area contributed by atoms with Gasteiger partial charge in [0.1, 0.15) is 0 Å². The highest BCUT2D eigenvalue weighted by molar-refractivity contribution is 7.80. The molecule has 0 rings (SSSR count). The van der Waals surface area contributed by atoms with Crippen molar-refractivity contribution in [2.45, 2.75) is 0 Å². The van der Waals surface area contributed by atoms with Gasteiger partial charge in [0.2, 0.25) is 0 Å². The van der Waals surface area contributed by atoms with Crippen molar-refractivity contribution in [1.82, 2.24) is 0 Å². The van der Waals surface area contributed by atoms with Crippen LogP contribution in [0.3, 0.4) is 0 Å². The Bertz CT molecular complexity index is 22.4. The second kappa shape index (κ2) is 1.23. The van der Waals surface area contributed by atoms with Crippen molar-refractivity contribution in [3.8, 4) is 0 Å². The highest BCUT2D eigenvalue weighted by Crippen LogP contribution is 2.15. The summed E-state index contributed by atoms with van der Waals surface area (Å²) < 4.78 is 0. The highest BCUT2D eigenvalue weighted by Gasteiger charge is 1.71. The smallest absolute Gasteiger partial charge is 0.287 e. The Morgan fingerprint density at radius 1 is 1.20 bits per heavy atom. The first-order valence-electron chi connectivity index (χ1n) is 0.995. The van der Waals surface area contributed by atoms with Gasteiger partial charge in [-0.1, -0.05) is 0 Å². The fraction of sp³-hybridized carbons (Fsp3) is 0. The lowest BCUT2D eigenvalue weighted by atomic mass is 10.8. The molecular weight excluding hydrogens is 89.8 g/mol. The molecule has 0 radical (unpaired) electrons. The molecular formula is H2BO3P-2. The maximum absolute atomic E-state index is 9.10. The Morgan fingerprint density at radius 3 is 1.20 bits per heavy atom. The van der Waals surface area contributed by atoms with E-state index in [2.05, 4.69) is 0 Å². The topological polar surface area (TPSA) is 69.2 Å². The summed E-state index contributed by atoms with van der Waals surface area (Å²) >= 11 is 0. The van der Waals surface area contributed by atoms with E-state index in [1.54, 1.807) is 0 Å². The third kappa shape index (κ3) is 176. The SMILES string of the molecule is B[P+]([O-])([O-])[O-]. The minimum absolute atomic E-state index is 0.632. The Hall–Kier alpha value is 0.375. The maximum Gasteiger partial charge on any atom is 0.287 e. The molecule has 30 valence electrons. The third-order valence-electron chi connectivity index (χ3n) is 0. The molecule has 5 heteroatoms. The summed E-state index contributed by atoms with van der Waals surface area (Å²) in [5, 5.41) is 0. The predicted octanol–water partition coefficient (Wildman–Crippen LogP) is -3.62. The van der Waals surface area contributed by atoms with E-state index in [1.807, 2.05) is 0 Å². The molecule has 0 unspecified atom stereocenters. The second-order valence-corrected chi connectivity index (χ2v) is 2.31. The van der Waals surface area contributed by atoms with E-state index in [0.717, 1.165) is 0 Å². The van der Waals surface area contributed by atoms with Gasteiger partial charge in [-0.15, -0.1) is 0 Å². The van der Waals surface area contributed by atoms with Crippen LogP contribution in [0.25, 0.3) is 0 Å². The molecule has 0 aliphatic heterocycles. The lowest BCUT2D eigenvalue weighted by molar-refractivity contribution is -0.416. The molecule has 0 fully saturated rings. The summed E-state index contributed by atoms with van der Waals surface area (Å²) in [6.07, 6.45) is 0. The van der Waals surface area contributed by atoms with Crippen LogP contribution in [0.4, 0.5) is 0 Å². The molecule has 0 saturated heterocycles. The van der Waals surface area contributed by atoms with Crippen molar-refractivity contribution in [2.75, 3.05) is 0 Å². The Labute approximate surface area is 31.2 Å². The van der Waals surface area contributed by atoms with Gasteiger partial charge in [0.05, 0.1) is 0 Å². The van der Waals surface area contributed by atoms with Crippen molar-refractivity contribution in [3.63, 3.8) is 0 Å². The summed E-state index contributed by atoms with van der Waals surface area (Å²) in [7, 11) is -3.51. The van der Waals surface area contributed by atoms with Gasteiger partial charge in [-0.3, -0.25) is 0 Å². The minimum Gasteiger partial charge on any atom is -0.702 e. The Morgan fingerprint density at radius 2 is 1.20 bits per heavy atom. The zero-order chi connectivity index (χ0) is 4.50. The van der Waals surface area contributed by atoms with Gasteiger partial charge in [-0.05, 0) is 0 Å².